The third-order valence-corrected chi connectivity index (χ3v) is 15.0. The number of hydrogen-bond acceptors (Lipinski definition) is 6. The number of aliphatic hydroxyl groups excluding tert-OH is 1. The number of aliphatic hydroxyl groups is 1. The van der Waals surface area contributed by atoms with Gasteiger partial charge in [-0.2, -0.15) is 0 Å². The largest absolute Gasteiger partial charge is 0.756 e. The predicted molar refractivity (Wildman–Crippen MR) is 293 cm³/mol. The highest BCUT2D eigenvalue weighted by Gasteiger charge is 2.23. The quantitative estimate of drug-likeness (QED) is 0.0272. The summed E-state index contributed by atoms with van der Waals surface area (Å²) in [6, 6.07) is -0.881. The van der Waals surface area contributed by atoms with Gasteiger partial charge in [-0.1, -0.05) is 296 Å². The lowest BCUT2D eigenvalue weighted by atomic mass is 10.0. The number of hydrogen-bond donors (Lipinski definition) is 2. The molecule has 0 aliphatic rings. The molecule has 406 valence electrons. The van der Waals surface area contributed by atoms with Crippen molar-refractivity contribution < 1.29 is 32.9 Å². The first kappa shape index (κ1) is 67.2. The molecule has 0 bridgehead atoms. The number of amides is 1. The second-order valence-corrected chi connectivity index (χ2v) is 23.5. The highest BCUT2D eigenvalue weighted by molar-refractivity contribution is 7.45. The topological polar surface area (TPSA) is 108 Å². The molecular weight excluding hydrogens is 864 g/mol. The van der Waals surface area contributed by atoms with Crippen molar-refractivity contribution in [3.8, 4) is 0 Å². The van der Waals surface area contributed by atoms with Crippen molar-refractivity contribution in [2.24, 2.45) is 0 Å². The molecule has 0 radical (unpaired) electrons. The maximum atomic E-state index is 12.9. The lowest BCUT2D eigenvalue weighted by Crippen LogP contribution is -2.45. The van der Waals surface area contributed by atoms with Crippen molar-refractivity contribution in [2.45, 2.75) is 321 Å². The summed E-state index contributed by atoms with van der Waals surface area (Å²) in [4.78, 5) is 25.4. The molecular formula is C59H119N2O6P. The monoisotopic (exact) mass is 983 g/mol. The number of nitrogens with zero attached hydrogens (tertiary/aromatic N) is 1. The molecule has 0 saturated carbocycles. The van der Waals surface area contributed by atoms with E-state index in [0.717, 1.165) is 38.5 Å². The minimum Gasteiger partial charge on any atom is -0.756 e. The molecule has 8 nitrogen and oxygen atoms in total. The van der Waals surface area contributed by atoms with Crippen LogP contribution in [-0.2, 0) is 18.4 Å². The Balaban J connectivity index is 4.02. The molecule has 0 aliphatic heterocycles. The summed E-state index contributed by atoms with van der Waals surface area (Å²) in [6.45, 7) is 4.69. The van der Waals surface area contributed by atoms with Crippen molar-refractivity contribution in [2.75, 3.05) is 40.9 Å². The zero-order valence-corrected chi connectivity index (χ0v) is 47.2. The molecule has 0 rings (SSSR count). The van der Waals surface area contributed by atoms with E-state index in [4.69, 9.17) is 9.05 Å². The number of phosphoric acid groups is 1. The standard InChI is InChI=1S/C59H119N2O6P/c1-6-8-10-12-14-16-18-20-22-23-24-25-26-27-28-29-30-31-32-33-34-35-36-37-38-39-40-42-44-46-48-50-52-58(62)57(56-67-68(64,65)66-55-54-61(3,4)5)60-59(63)53-51-49-47-45-43-41-21-19-17-15-13-11-9-7-2/h50,52,57-58,62H,6-49,51,53-56H2,1-5H3,(H-,60,63,64,65)/b52-50+. The summed E-state index contributed by atoms with van der Waals surface area (Å²) in [7, 11) is 1.28. The molecule has 0 aromatic rings. The van der Waals surface area contributed by atoms with Crippen LogP contribution in [0.4, 0.5) is 0 Å². The number of rotatable bonds is 56. The second-order valence-electron chi connectivity index (χ2n) is 22.1. The van der Waals surface area contributed by atoms with Crippen LogP contribution in [0, 0.1) is 0 Å². The summed E-state index contributed by atoms with van der Waals surface area (Å²) in [5.74, 6) is -0.192. The van der Waals surface area contributed by atoms with Crippen LogP contribution in [0.2, 0.25) is 0 Å². The first-order chi connectivity index (χ1) is 33.0. The van der Waals surface area contributed by atoms with E-state index in [1.807, 2.05) is 27.2 Å². The van der Waals surface area contributed by atoms with Crippen LogP contribution in [-0.4, -0.2) is 68.5 Å². The Bertz CT molecular complexity index is 1120. The summed E-state index contributed by atoms with van der Waals surface area (Å²) in [6.07, 6.45) is 63.1. The molecule has 3 unspecified atom stereocenters. The Hall–Kier alpha value is -0.760. The Morgan fingerprint density at radius 2 is 0.794 bits per heavy atom. The lowest BCUT2D eigenvalue weighted by molar-refractivity contribution is -0.870. The molecule has 0 saturated heterocycles. The number of quaternary nitrogens is 1. The van der Waals surface area contributed by atoms with Crippen LogP contribution in [0.5, 0.6) is 0 Å². The average molecular weight is 984 g/mol. The van der Waals surface area contributed by atoms with E-state index in [-0.39, 0.29) is 19.1 Å². The van der Waals surface area contributed by atoms with Gasteiger partial charge in [0.15, 0.2) is 0 Å². The molecule has 0 fully saturated rings. The van der Waals surface area contributed by atoms with Gasteiger partial charge in [-0.3, -0.25) is 9.36 Å². The van der Waals surface area contributed by atoms with Crippen LogP contribution in [0.3, 0.4) is 0 Å². The maximum Gasteiger partial charge on any atom is 0.268 e. The van der Waals surface area contributed by atoms with Crippen molar-refractivity contribution >= 4 is 13.7 Å². The molecule has 68 heavy (non-hydrogen) atoms. The molecule has 9 heteroatoms. The molecule has 2 N–H and O–H groups in total. The molecule has 0 heterocycles. The van der Waals surface area contributed by atoms with Gasteiger partial charge in [-0.25, -0.2) is 0 Å². The molecule has 3 atom stereocenters. The zero-order chi connectivity index (χ0) is 49.9. The van der Waals surface area contributed by atoms with Crippen molar-refractivity contribution in [3.05, 3.63) is 12.2 Å². The maximum absolute atomic E-state index is 12.9. The second kappa shape index (κ2) is 51.2. The fourth-order valence-electron chi connectivity index (χ4n) is 9.27. The van der Waals surface area contributed by atoms with E-state index in [0.29, 0.717) is 17.4 Å². The van der Waals surface area contributed by atoms with Crippen molar-refractivity contribution in [3.63, 3.8) is 0 Å². The fraction of sp³-hybridized carbons (Fsp3) is 0.949. The minimum atomic E-state index is -4.59. The van der Waals surface area contributed by atoms with Crippen LogP contribution >= 0.6 is 7.82 Å². The number of carbonyl (C=O) groups excluding carboxylic acids is 1. The normalized spacial score (nSPS) is 13.9. The van der Waals surface area contributed by atoms with Crippen LogP contribution in [0.15, 0.2) is 12.2 Å². The van der Waals surface area contributed by atoms with Crippen LogP contribution in [0.25, 0.3) is 0 Å². The van der Waals surface area contributed by atoms with E-state index in [1.165, 1.54) is 250 Å². The Labute approximate surface area is 424 Å². The Morgan fingerprint density at radius 3 is 1.10 bits per heavy atom. The number of likely N-dealkylation sites (N-methyl/N-ethyl adjacent to an activating group) is 1. The Morgan fingerprint density at radius 1 is 0.500 bits per heavy atom. The minimum absolute atomic E-state index is 0.00256. The first-order valence-electron chi connectivity index (χ1n) is 30.1. The van der Waals surface area contributed by atoms with Gasteiger partial charge in [0.25, 0.3) is 7.82 Å². The number of nitrogens with one attached hydrogen (secondary N) is 1. The van der Waals surface area contributed by atoms with Gasteiger partial charge in [0, 0.05) is 6.42 Å². The molecule has 0 aromatic heterocycles. The smallest absolute Gasteiger partial charge is 0.268 e. The SMILES string of the molecule is CCCCCCCCCCCCCCCCCCCCCCCCCCCCCCCC/C=C/C(O)C(COP(=O)([O-])OCC[N+](C)(C)C)NC(=O)CCCCCCCCCCCCCCCC. The molecule has 0 spiro atoms. The van der Waals surface area contributed by atoms with Crippen molar-refractivity contribution in [1.82, 2.24) is 5.32 Å². The van der Waals surface area contributed by atoms with Gasteiger partial charge in [-0.05, 0) is 19.3 Å². The number of carbonyl (C=O) groups is 1. The molecule has 0 aromatic carbocycles. The van der Waals surface area contributed by atoms with Gasteiger partial charge in [0.1, 0.15) is 13.2 Å². The summed E-state index contributed by atoms with van der Waals surface area (Å²) >= 11 is 0. The van der Waals surface area contributed by atoms with Gasteiger partial charge < -0.3 is 28.8 Å². The van der Waals surface area contributed by atoms with E-state index in [9.17, 15) is 19.4 Å². The summed E-state index contributed by atoms with van der Waals surface area (Å²) < 4.78 is 23.3. The van der Waals surface area contributed by atoms with Gasteiger partial charge in [0.05, 0.1) is 39.9 Å². The van der Waals surface area contributed by atoms with Crippen LogP contribution in [0.1, 0.15) is 309 Å². The molecule has 0 aliphatic carbocycles. The van der Waals surface area contributed by atoms with E-state index >= 15 is 0 Å². The van der Waals surface area contributed by atoms with Crippen molar-refractivity contribution in [1.29, 1.82) is 0 Å². The Kier molecular flexibility index (Phi) is 50.6. The van der Waals surface area contributed by atoms with E-state index in [1.54, 1.807) is 6.08 Å². The van der Waals surface area contributed by atoms with Crippen LogP contribution < -0.4 is 10.2 Å². The number of unbranched alkanes of at least 4 members (excludes halogenated alkanes) is 43. The molecule has 1 amide bonds. The van der Waals surface area contributed by atoms with Gasteiger partial charge >= 0.3 is 0 Å². The first-order valence-corrected chi connectivity index (χ1v) is 31.5. The van der Waals surface area contributed by atoms with E-state index in [2.05, 4.69) is 19.2 Å². The average Bonchev–Trinajstić information content (AvgIpc) is 3.30. The third kappa shape index (κ3) is 53.0. The number of allylic oxidation sites excluding steroid dienone is 1. The highest BCUT2D eigenvalue weighted by Crippen LogP contribution is 2.38. The predicted octanol–water partition coefficient (Wildman–Crippen LogP) is 17.6. The lowest BCUT2D eigenvalue weighted by Gasteiger charge is -2.29. The van der Waals surface area contributed by atoms with Gasteiger partial charge in [0.2, 0.25) is 5.91 Å². The fourth-order valence-corrected chi connectivity index (χ4v) is 10.00. The summed E-state index contributed by atoms with van der Waals surface area (Å²) in [5.41, 5.74) is 0. The summed E-state index contributed by atoms with van der Waals surface area (Å²) in [5, 5.41) is 13.9. The highest BCUT2D eigenvalue weighted by atomic mass is 31.2. The third-order valence-electron chi connectivity index (χ3n) is 14.0. The number of phosphoric ester groups is 1. The van der Waals surface area contributed by atoms with E-state index < -0.39 is 20.0 Å². The van der Waals surface area contributed by atoms with Gasteiger partial charge in [-0.15, -0.1) is 0 Å². The zero-order valence-electron chi connectivity index (χ0n) is 46.3.